The number of aromatic nitrogens is 1. The number of amides is 1. The summed E-state index contributed by atoms with van der Waals surface area (Å²) < 4.78 is 1.50. The predicted molar refractivity (Wildman–Crippen MR) is 49.7 cm³/mol. The van der Waals surface area contributed by atoms with Crippen LogP contribution in [0, 0.1) is 5.92 Å². The number of hydrogen-bond donors (Lipinski definition) is 2. The van der Waals surface area contributed by atoms with E-state index in [0.717, 1.165) is 0 Å². The molecule has 0 saturated carbocycles. The molecule has 76 valence electrons. The molecule has 0 bridgehead atoms. The van der Waals surface area contributed by atoms with Crippen molar-refractivity contribution in [1.29, 1.82) is 0 Å². The van der Waals surface area contributed by atoms with Gasteiger partial charge in [0.25, 0.3) is 0 Å². The van der Waals surface area contributed by atoms with Crippen LogP contribution in [0.15, 0.2) is 18.3 Å². The van der Waals surface area contributed by atoms with Crippen LogP contribution in [-0.4, -0.2) is 21.6 Å². The van der Waals surface area contributed by atoms with Crippen molar-refractivity contribution in [2.75, 3.05) is 0 Å². The van der Waals surface area contributed by atoms with Gasteiger partial charge in [-0.3, -0.25) is 4.79 Å². The molecule has 3 N–H and O–H groups in total. The average molecular weight is 196 g/mol. The highest BCUT2D eigenvalue weighted by Gasteiger charge is 2.14. The summed E-state index contributed by atoms with van der Waals surface area (Å²) in [6.45, 7) is 1.96. The van der Waals surface area contributed by atoms with Crippen LogP contribution in [0.25, 0.3) is 0 Å². The van der Waals surface area contributed by atoms with Crippen molar-refractivity contribution in [3.05, 3.63) is 24.0 Å². The third-order valence-corrected chi connectivity index (χ3v) is 2.00. The van der Waals surface area contributed by atoms with Crippen molar-refractivity contribution in [2.24, 2.45) is 11.7 Å². The van der Waals surface area contributed by atoms with Crippen LogP contribution < -0.4 is 5.73 Å². The molecule has 5 heteroatoms. The highest BCUT2D eigenvalue weighted by atomic mass is 16.4. The largest absolute Gasteiger partial charge is 0.477 e. The van der Waals surface area contributed by atoms with Gasteiger partial charge in [0.05, 0.1) is 5.92 Å². The molecule has 0 aliphatic heterocycles. The summed E-state index contributed by atoms with van der Waals surface area (Å²) in [6.07, 6.45) is 1.61. The van der Waals surface area contributed by atoms with E-state index in [1.807, 2.05) is 0 Å². The van der Waals surface area contributed by atoms with Gasteiger partial charge in [-0.15, -0.1) is 0 Å². The molecule has 0 aromatic carbocycles. The Morgan fingerprint density at radius 2 is 2.29 bits per heavy atom. The lowest BCUT2D eigenvalue weighted by Crippen LogP contribution is -2.25. The monoisotopic (exact) mass is 196 g/mol. The molecule has 0 aliphatic rings. The fourth-order valence-electron chi connectivity index (χ4n) is 1.15. The standard InChI is InChI=1S/C9H12N2O3/c1-6(8(10)12)5-11-4-2-3-7(11)9(13)14/h2-4,6H,5H2,1H3,(H2,10,12)(H,13,14). The van der Waals surface area contributed by atoms with E-state index in [9.17, 15) is 9.59 Å². The lowest BCUT2D eigenvalue weighted by molar-refractivity contribution is -0.121. The van der Waals surface area contributed by atoms with E-state index in [2.05, 4.69) is 0 Å². The van der Waals surface area contributed by atoms with Gasteiger partial charge in [0.2, 0.25) is 5.91 Å². The normalized spacial score (nSPS) is 12.4. The molecule has 1 unspecified atom stereocenters. The fourth-order valence-corrected chi connectivity index (χ4v) is 1.15. The number of carboxylic acids is 1. The summed E-state index contributed by atoms with van der Waals surface area (Å²) in [7, 11) is 0. The van der Waals surface area contributed by atoms with Gasteiger partial charge in [-0.2, -0.15) is 0 Å². The highest BCUT2D eigenvalue weighted by molar-refractivity contribution is 5.86. The second-order valence-corrected chi connectivity index (χ2v) is 3.15. The summed E-state index contributed by atoms with van der Waals surface area (Å²) in [5, 5.41) is 8.77. The zero-order valence-electron chi connectivity index (χ0n) is 7.80. The fraction of sp³-hybridized carbons (Fsp3) is 0.333. The van der Waals surface area contributed by atoms with Crippen molar-refractivity contribution >= 4 is 11.9 Å². The second-order valence-electron chi connectivity index (χ2n) is 3.15. The van der Waals surface area contributed by atoms with E-state index < -0.39 is 11.9 Å². The van der Waals surface area contributed by atoms with Crippen LogP contribution in [0.5, 0.6) is 0 Å². The Kier molecular flexibility index (Phi) is 2.91. The number of rotatable bonds is 4. The molecule has 1 amide bonds. The predicted octanol–water partition coefficient (Wildman–Crippen LogP) is 0.308. The first-order chi connectivity index (χ1) is 6.52. The van der Waals surface area contributed by atoms with Gasteiger partial charge in [-0.05, 0) is 12.1 Å². The Morgan fingerprint density at radius 1 is 1.64 bits per heavy atom. The van der Waals surface area contributed by atoms with E-state index in [-0.39, 0.29) is 11.6 Å². The Hall–Kier alpha value is -1.78. The summed E-state index contributed by atoms with van der Waals surface area (Å²) in [5.41, 5.74) is 5.24. The van der Waals surface area contributed by atoms with Gasteiger partial charge in [-0.25, -0.2) is 4.79 Å². The Morgan fingerprint density at radius 3 is 2.79 bits per heavy atom. The molecule has 1 aromatic rings. The molecule has 0 spiro atoms. The van der Waals surface area contributed by atoms with Crippen molar-refractivity contribution in [2.45, 2.75) is 13.5 Å². The molecular weight excluding hydrogens is 184 g/mol. The van der Waals surface area contributed by atoms with Crippen LogP contribution in [0.1, 0.15) is 17.4 Å². The Bertz CT molecular complexity index is 357. The molecule has 1 aromatic heterocycles. The first kappa shape index (κ1) is 10.3. The summed E-state index contributed by atoms with van der Waals surface area (Å²) in [5.74, 6) is -1.82. The van der Waals surface area contributed by atoms with Crippen LogP contribution in [0.4, 0.5) is 0 Å². The van der Waals surface area contributed by atoms with E-state index in [1.165, 1.54) is 10.6 Å². The van der Waals surface area contributed by atoms with Crippen molar-refractivity contribution in [3.8, 4) is 0 Å². The number of carbonyl (C=O) groups is 2. The lowest BCUT2D eigenvalue weighted by atomic mass is 10.1. The summed E-state index contributed by atoms with van der Waals surface area (Å²) in [6, 6.07) is 3.10. The third kappa shape index (κ3) is 2.12. The van der Waals surface area contributed by atoms with Gasteiger partial charge in [0.1, 0.15) is 5.69 Å². The van der Waals surface area contributed by atoms with Crippen molar-refractivity contribution < 1.29 is 14.7 Å². The number of hydrogen-bond acceptors (Lipinski definition) is 2. The first-order valence-corrected chi connectivity index (χ1v) is 4.20. The number of nitrogens with zero attached hydrogens (tertiary/aromatic N) is 1. The van der Waals surface area contributed by atoms with E-state index >= 15 is 0 Å². The van der Waals surface area contributed by atoms with Crippen molar-refractivity contribution in [3.63, 3.8) is 0 Å². The average Bonchev–Trinajstić information content (AvgIpc) is 2.52. The Labute approximate surface area is 81.1 Å². The molecule has 14 heavy (non-hydrogen) atoms. The highest BCUT2D eigenvalue weighted by Crippen LogP contribution is 2.06. The van der Waals surface area contributed by atoms with Crippen LogP contribution in [0.3, 0.4) is 0 Å². The number of carboxylic acid groups (broad SMARTS) is 1. The van der Waals surface area contributed by atoms with Gasteiger partial charge in [0.15, 0.2) is 0 Å². The van der Waals surface area contributed by atoms with Gasteiger partial charge in [-0.1, -0.05) is 6.92 Å². The van der Waals surface area contributed by atoms with Crippen LogP contribution >= 0.6 is 0 Å². The molecule has 5 nitrogen and oxygen atoms in total. The molecule has 1 heterocycles. The number of nitrogens with two attached hydrogens (primary N) is 1. The number of primary amides is 1. The maximum atomic E-state index is 10.8. The SMILES string of the molecule is CC(Cn1cccc1C(=O)O)C(N)=O. The minimum absolute atomic E-state index is 0.165. The lowest BCUT2D eigenvalue weighted by Gasteiger charge is -2.10. The molecule has 0 radical (unpaired) electrons. The topological polar surface area (TPSA) is 85.3 Å². The minimum Gasteiger partial charge on any atom is -0.477 e. The summed E-state index contributed by atoms with van der Waals surface area (Å²) in [4.78, 5) is 21.5. The summed E-state index contributed by atoms with van der Waals surface area (Å²) >= 11 is 0. The van der Waals surface area contributed by atoms with E-state index in [0.29, 0.717) is 6.54 Å². The molecular formula is C9H12N2O3. The number of carbonyl (C=O) groups excluding carboxylic acids is 1. The minimum atomic E-state index is -1.01. The van der Waals surface area contributed by atoms with E-state index in [4.69, 9.17) is 10.8 Å². The number of aromatic carboxylic acids is 1. The second kappa shape index (κ2) is 3.95. The smallest absolute Gasteiger partial charge is 0.352 e. The molecule has 0 aliphatic carbocycles. The van der Waals surface area contributed by atoms with Crippen molar-refractivity contribution in [1.82, 2.24) is 4.57 Å². The molecule has 0 fully saturated rings. The Balaban J connectivity index is 2.81. The van der Waals surface area contributed by atoms with Gasteiger partial charge in [0, 0.05) is 12.7 Å². The van der Waals surface area contributed by atoms with Gasteiger partial charge < -0.3 is 15.4 Å². The van der Waals surface area contributed by atoms with Gasteiger partial charge >= 0.3 is 5.97 Å². The van der Waals surface area contributed by atoms with E-state index in [1.54, 1.807) is 19.2 Å². The maximum absolute atomic E-state index is 10.8. The quantitative estimate of drug-likeness (QED) is 0.726. The molecule has 1 atom stereocenters. The maximum Gasteiger partial charge on any atom is 0.352 e. The zero-order chi connectivity index (χ0) is 10.7. The molecule has 0 saturated heterocycles. The van der Waals surface area contributed by atoms with Crippen LogP contribution in [-0.2, 0) is 11.3 Å². The third-order valence-electron chi connectivity index (χ3n) is 2.00. The van der Waals surface area contributed by atoms with Crippen LogP contribution in [0.2, 0.25) is 0 Å². The zero-order valence-corrected chi connectivity index (χ0v) is 7.80. The molecule has 1 rings (SSSR count). The first-order valence-electron chi connectivity index (χ1n) is 4.20.